The first-order chi connectivity index (χ1) is 4.88. The maximum atomic E-state index is 10.8. The molecule has 1 N–H and O–H groups in total. The predicted molar refractivity (Wildman–Crippen MR) is 31.4 cm³/mol. The van der Waals surface area contributed by atoms with Crippen molar-refractivity contribution in [1.29, 1.82) is 0 Å². The number of H-pyrrole nitrogens is 1. The number of aromatic nitrogens is 5. The summed E-state index contributed by atoms with van der Waals surface area (Å²) in [6.45, 7) is 0. The molecule has 0 aliphatic rings. The van der Waals surface area contributed by atoms with Gasteiger partial charge in [-0.15, -0.1) is 5.10 Å². The van der Waals surface area contributed by atoms with Crippen LogP contribution in [0.25, 0.3) is 5.65 Å². The Labute approximate surface area is 54.5 Å². The van der Waals surface area contributed by atoms with Crippen LogP contribution in [0.5, 0.6) is 0 Å². The fraction of sp³-hybridized carbons (Fsp3) is 0. The van der Waals surface area contributed by atoms with E-state index in [2.05, 4.69) is 20.4 Å². The second-order valence-corrected chi connectivity index (χ2v) is 1.74. The van der Waals surface area contributed by atoms with Crippen LogP contribution in [0, 0.1) is 0 Å². The Morgan fingerprint density at radius 2 is 2.50 bits per heavy atom. The van der Waals surface area contributed by atoms with Crippen molar-refractivity contribution in [3.05, 3.63) is 23.0 Å². The number of fused-ring (bicyclic) bond motifs is 1. The first kappa shape index (κ1) is 5.10. The fourth-order valence-electron chi connectivity index (χ4n) is 0.691. The van der Waals surface area contributed by atoms with Crippen LogP contribution >= 0.6 is 0 Å². The molecule has 0 amide bonds. The SMILES string of the molecule is O=c1[nH]nnc2cncn12. The minimum Gasteiger partial charge on any atom is -0.246 e. The van der Waals surface area contributed by atoms with Gasteiger partial charge in [0.2, 0.25) is 0 Å². The molecule has 0 fully saturated rings. The third-order valence-corrected chi connectivity index (χ3v) is 1.14. The van der Waals surface area contributed by atoms with Crippen LogP contribution in [0.2, 0.25) is 0 Å². The van der Waals surface area contributed by atoms with Gasteiger partial charge in [-0.2, -0.15) is 0 Å². The number of hydrogen-bond donors (Lipinski definition) is 1. The van der Waals surface area contributed by atoms with Gasteiger partial charge in [-0.1, -0.05) is 5.21 Å². The van der Waals surface area contributed by atoms with E-state index in [9.17, 15) is 4.79 Å². The summed E-state index contributed by atoms with van der Waals surface area (Å²) in [6.07, 6.45) is 2.84. The summed E-state index contributed by atoms with van der Waals surface area (Å²) < 4.78 is 1.27. The molecule has 0 saturated carbocycles. The summed E-state index contributed by atoms with van der Waals surface area (Å²) in [5.41, 5.74) is 0.117. The van der Waals surface area contributed by atoms with Crippen molar-refractivity contribution in [2.45, 2.75) is 0 Å². The van der Waals surface area contributed by atoms with Crippen LogP contribution in [0.4, 0.5) is 0 Å². The van der Waals surface area contributed by atoms with Crippen LogP contribution < -0.4 is 5.69 Å². The molecular formula is C4H3N5O. The van der Waals surface area contributed by atoms with Crippen LogP contribution in [0.1, 0.15) is 0 Å². The zero-order valence-electron chi connectivity index (χ0n) is 4.85. The molecule has 0 unspecified atom stereocenters. The fourth-order valence-corrected chi connectivity index (χ4v) is 0.691. The molecule has 10 heavy (non-hydrogen) atoms. The molecule has 6 heteroatoms. The van der Waals surface area contributed by atoms with E-state index in [-0.39, 0.29) is 5.69 Å². The van der Waals surface area contributed by atoms with Gasteiger partial charge in [-0.05, 0) is 0 Å². The van der Waals surface area contributed by atoms with Gasteiger partial charge in [0.25, 0.3) is 0 Å². The third kappa shape index (κ3) is 0.524. The van der Waals surface area contributed by atoms with Gasteiger partial charge in [0.15, 0.2) is 5.65 Å². The average Bonchev–Trinajstić information content (AvgIpc) is 2.36. The number of imidazole rings is 1. The van der Waals surface area contributed by atoms with Crippen molar-refractivity contribution in [3.63, 3.8) is 0 Å². The molecule has 0 saturated heterocycles. The average molecular weight is 137 g/mol. The highest BCUT2D eigenvalue weighted by Gasteiger charge is 1.94. The van der Waals surface area contributed by atoms with Crippen molar-refractivity contribution >= 4 is 5.65 Å². The highest BCUT2D eigenvalue weighted by atomic mass is 16.1. The summed E-state index contributed by atoms with van der Waals surface area (Å²) >= 11 is 0. The molecule has 0 atom stereocenters. The number of nitrogens with zero attached hydrogens (tertiary/aromatic N) is 4. The molecule has 0 spiro atoms. The molecule has 2 heterocycles. The predicted octanol–water partition coefficient (Wildman–Crippen LogP) is -1.19. The standard InChI is InChI=1S/C4H3N5O/c10-4-7-8-6-3-1-5-2-9(3)4/h1-2H,(H,6,7,10). The number of rotatable bonds is 0. The van der Waals surface area contributed by atoms with Gasteiger partial charge in [-0.3, -0.25) is 0 Å². The van der Waals surface area contributed by atoms with Gasteiger partial charge in [0.05, 0.1) is 6.20 Å². The van der Waals surface area contributed by atoms with Gasteiger partial charge in [0.1, 0.15) is 6.33 Å². The number of aromatic amines is 1. The largest absolute Gasteiger partial charge is 0.350 e. The van der Waals surface area contributed by atoms with E-state index in [1.54, 1.807) is 0 Å². The van der Waals surface area contributed by atoms with Crippen molar-refractivity contribution in [2.75, 3.05) is 0 Å². The van der Waals surface area contributed by atoms with E-state index < -0.39 is 0 Å². The topological polar surface area (TPSA) is 75.9 Å². The van der Waals surface area contributed by atoms with Gasteiger partial charge in [-0.25, -0.2) is 19.3 Å². The molecule has 2 aromatic rings. The molecule has 2 rings (SSSR count). The minimum atomic E-state index is -0.331. The van der Waals surface area contributed by atoms with E-state index in [0.29, 0.717) is 5.65 Å². The van der Waals surface area contributed by atoms with E-state index in [0.717, 1.165) is 0 Å². The molecule has 2 aromatic heterocycles. The Balaban J connectivity index is 3.09. The Morgan fingerprint density at radius 1 is 1.60 bits per heavy atom. The molecule has 0 bridgehead atoms. The summed E-state index contributed by atoms with van der Waals surface area (Å²) in [7, 11) is 0. The van der Waals surface area contributed by atoms with Gasteiger partial charge < -0.3 is 0 Å². The number of hydrogen-bond acceptors (Lipinski definition) is 4. The maximum absolute atomic E-state index is 10.8. The first-order valence-corrected chi connectivity index (χ1v) is 2.61. The highest BCUT2D eigenvalue weighted by molar-refractivity contribution is 5.30. The molecule has 0 aliphatic carbocycles. The third-order valence-electron chi connectivity index (χ3n) is 1.14. The zero-order chi connectivity index (χ0) is 6.97. The minimum absolute atomic E-state index is 0.331. The lowest BCUT2D eigenvalue weighted by Gasteiger charge is -1.84. The Hall–Kier alpha value is -1.72. The lowest BCUT2D eigenvalue weighted by molar-refractivity contribution is 0.786. The quantitative estimate of drug-likeness (QED) is 0.495. The summed E-state index contributed by atoms with van der Waals surface area (Å²) in [6, 6.07) is 0. The van der Waals surface area contributed by atoms with Crippen LogP contribution in [0.15, 0.2) is 17.3 Å². The molecule has 6 nitrogen and oxygen atoms in total. The summed E-state index contributed by atoms with van der Waals surface area (Å²) in [5.74, 6) is 0. The monoisotopic (exact) mass is 137 g/mol. The van der Waals surface area contributed by atoms with Gasteiger partial charge in [0, 0.05) is 0 Å². The second-order valence-electron chi connectivity index (χ2n) is 1.74. The zero-order valence-corrected chi connectivity index (χ0v) is 4.85. The summed E-state index contributed by atoms with van der Waals surface area (Å²) in [4.78, 5) is 14.5. The van der Waals surface area contributed by atoms with E-state index in [1.807, 2.05) is 0 Å². The lowest BCUT2D eigenvalue weighted by Crippen LogP contribution is -2.17. The molecule has 0 radical (unpaired) electrons. The van der Waals surface area contributed by atoms with E-state index >= 15 is 0 Å². The van der Waals surface area contributed by atoms with Crippen LogP contribution in [-0.4, -0.2) is 24.8 Å². The van der Waals surface area contributed by atoms with Crippen molar-refractivity contribution in [3.8, 4) is 0 Å². The van der Waals surface area contributed by atoms with Crippen LogP contribution in [0.3, 0.4) is 0 Å². The van der Waals surface area contributed by atoms with Crippen molar-refractivity contribution < 1.29 is 0 Å². The Morgan fingerprint density at radius 3 is 3.30 bits per heavy atom. The van der Waals surface area contributed by atoms with Crippen molar-refractivity contribution in [2.24, 2.45) is 0 Å². The Bertz CT molecular complexity index is 401. The highest BCUT2D eigenvalue weighted by Crippen LogP contribution is 1.85. The van der Waals surface area contributed by atoms with Crippen molar-refractivity contribution in [1.82, 2.24) is 24.8 Å². The molecule has 0 aromatic carbocycles. The first-order valence-electron chi connectivity index (χ1n) is 2.61. The lowest BCUT2D eigenvalue weighted by atomic mass is 10.8. The Kier molecular flexibility index (Phi) is 0.830. The normalized spacial score (nSPS) is 10.4. The van der Waals surface area contributed by atoms with Gasteiger partial charge >= 0.3 is 5.69 Å². The smallest absolute Gasteiger partial charge is 0.246 e. The molecular weight excluding hydrogens is 134 g/mol. The summed E-state index contributed by atoms with van der Waals surface area (Å²) in [5, 5.41) is 9.10. The second kappa shape index (κ2) is 1.63. The van der Waals surface area contributed by atoms with E-state index in [4.69, 9.17) is 0 Å². The van der Waals surface area contributed by atoms with Crippen LogP contribution in [-0.2, 0) is 0 Å². The van der Waals surface area contributed by atoms with E-state index in [1.165, 1.54) is 16.9 Å². The maximum Gasteiger partial charge on any atom is 0.350 e. The molecule has 50 valence electrons. The molecule has 0 aliphatic heterocycles. The number of nitrogens with one attached hydrogen (secondary N) is 1.